The molecule has 4 aromatic rings. The Hall–Kier alpha value is -4.20. The number of benzene rings is 2. The van der Waals surface area contributed by atoms with Crippen molar-refractivity contribution in [2.75, 3.05) is 12.4 Å². The fourth-order valence-corrected chi connectivity index (χ4v) is 2.98. The molecule has 0 aliphatic carbocycles. The van der Waals surface area contributed by atoms with Crippen LogP contribution in [0.3, 0.4) is 0 Å². The monoisotopic (exact) mass is 401 g/mol. The number of carbonyl (C=O) groups excluding carboxylic acids is 2. The van der Waals surface area contributed by atoms with Crippen LogP contribution < -0.4 is 15.4 Å². The molecule has 0 unspecified atom stereocenters. The number of ether oxygens (including phenoxy) is 1. The molecule has 150 valence electrons. The molecule has 2 amide bonds. The molecule has 0 spiro atoms. The van der Waals surface area contributed by atoms with Crippen LogP contribution in [0.5, 0.6) is 11.5 Å². The Morgan fingerprint density at radius 1 is 0.967 bits per heavy atom. The number of amides is 2. The molecule has 4 rings (SSSR count). The maximum atomic E-state index is 12.4. The minimum absolute atomic E-state index is 0.232. The van der Waals surface area contributed by atoms with Crippen molar-refractivity contribution < 1.29 is 14.3 Å². The van der Waals surface area contributed by atoms with Crippen LogP contribution in [0.15, 0.2) is 66.9 Å². The van der Waals surface area contributed by atoms with Gasteiger partial charge in [0.25, 0.3) is 11.8 Å². The van der Waals surface area contributed by atoms with Crippen molar-refractivity contribution in [2.24, 2.45) is 7.05 Å². The van der Waals surface area contributed by atoms with Crippen molar-refractivity contribution in [1.82, 2.24) is 19.9 Å². The Bertz CT molecular complexity index is 1230. The first-order valence-corrected chi connectivity index (χ1v) is 9.24. The van der Waals surface area contributed by atoms with Crippen LogP contribution in [0.4, 0.5) is 5.95 Å². The Morgan fingerprint density at radius 2 is 1.73 bits per heavy atom. The molecule has 0 aliphatic rings. The highest BCUT2D eigenvalue weighted by atomic mass is 16.5. The summed E-state index contributed by atoms with van der Waals surface area (Å²) in [6, 6.07) is 17.6. The van der Waals surface area contributed by atoms with E-state index in [9.17, 15) is 9.59 Å². The summed E-state index contributed by atoms with van der Waals surface area (Å²) < 4.78 is 7.67. The van der Waals surface area contributed by atoms with E-state index in [2.05, 4.69) is 20.6 Å². The number of imidazole rings is 1. The number of carbonyl (C=O) groups is 2. The second-order valence-corrected chi connectivity index (χ2v) is 6.52. The Kier molecular flexibility index (Phi) is 5.13. The molecule has 0 aliphatic heterocycles. The number of nitrogens with one attached hydrogen (secondary N) is 2. The van der Waals surface area contributed by atoms with Crippen LogP contribution in [0.25, 0.3) is 11.0 Å². The molecule has 0 bridgehead atoms. The molecule has 0 radical (unpaired) electrons. The standard InChI is InChI=1S/C22H19N5O3/c1-23-21(29)18-13-16(10-11-24-18)30-15-8-9-19-17(12-15)25-22(27(19)2)26-20(28)14-6-4-3-5-7-14/h3-13H,1-2H3,(H,23,29)(H,25,26,28). The molecule has 2 aromatic heterocycles. The van der Waals surface area contributed by atoms with E-state index in [-0.39, 0.29) is 17.5 Å². The van der Waals surface area contributed by atoms with Gasteiger partial charge in [-0.15, -0.1) is 0 Å². The minimum Gasteiger partial charge on any atom is -0.457 e. The van der Waals surface area contributed by atoms with Crippen molar-refractivity contribution >= 4 is 28.8 Å². The molecule has 0 fully saturated rings. The Balaban J connectivity index is 1.58. The van der Waals surface area contributed by atoms with Gasteiger partial charge in [0.1, 0.15) is 17.2 Å². The predicted molar refractivity (Wildman–Crippen MR) is 113 cm³/mol. The Morgan fingerprint density at radius 3 is 2.50 bits per heavy atom. The predicted octanol–water partition coefficient (Wildman–Crippen LogP) is 3.37. The summed E-state index contributed by atoms with van der Waals surface area (Å²) in [4.78, 5) is 32.7. The van der Waals surface area contributed by atoms with Crippen LogP contribution in [0.2, 0.25) is 0 Å². The SMILES string of the molecule is CNC(=O)c1cc(Oc2ccc3c(c2)nc(NC(=O)c2ccccc2)n3C)ccn1. The third kappa shape index (κ3) is 3.83. The van der Waals surface area contributed by atoms with E-state index in [1.54, 1.807) is 48.0 Å². The average molecular weight is 401 g/mol. The molecular formula is C22H19N5O3. The zero-order chi connectivity index (χ0) is 21.1. The second kappa shape index (κ2) is 8.04. The third-order valence-electron chi connectivity index (χ3n) is 4.54. The molecule has 8 nitrogen and oxygen atoms in total. The van der Waals surface area contributed by atoms with Gasteiger partial charge in [0.2, 0.25) is 5.95 Å². The first-order valence-electron chi connectivity index (χ1n) is 9.24. The van der Waals surface area contributed by atoms with Gasteiger partial charge in [-0.3, -0.25) is 19.9 Å². The van der Waals surface area contributed by atoms with E-state index in [4.69, 9.17) is 4.74 Å². The van der Waals surface area contributed by atoms with Gasteiger partial charge >= 0.3 is 0 Å². The number of aromatic nitrogens is 3. The van der Waals surface area contributed by atoms with Crippen LogP contribution in [0, 0.1) is 0 Å². The molecule has 2 aromatic carbocycles. The van der Waals surface area contributed by atoms with E-state index in [0.29, 0.717) is 28.5 Å². The summed E-state index contributed by atoms with van der Waals surface area (Å²) in [5.41, 5.74) is 2.32. The topological polar surface area (TPSA) is 98.1 Å². The van der Waals surface area contributed by atoms with E-state index >= 15 is 0 Å². The van der Waals surface area contributed by atoms with Gasteiger partial charge in [-0.1, -0.05) is 18.2 Å². The summed E-state index contributed by atoms with van der Waals surface area (Å²) in [5.74, 6) is 0.942. The minimum atomic E-state index is -0.292. The highest BCUT2D eigenvalue weighted by molar-refractivity contribution is 6.04. The summed E-state index contributed by atoms with van der Waals surface area (Å²) in [6.07, 6.45) is 1.51. The molecule has 0 saturated carbocycles. The van der Waals surface area contributed by atoms with Crippen molar-refractivity contribution in [1.29, 1.82) is 0 Å². The first kappa shape index (κ1) is 19.1. The first-order chi connectivity index (χ1) is 14.5. The lowest BCUT2D eigenvalue weighted by Gasteiger charge is -2.07. The van der Waals surface area contributed by atoms with Gasteiger partial charge in [0.05, 0.1) is 11.0 Å². The van der Waals surface area contributed by atoms with E-state index in [1.807, 2.05) is 31.3 Å². The number of hydrogen-bond donors (Lipinski definition) is 2. The Labute approximate surface area is 172 Å². The second-order valence-electron chi connectivity index (χ2n) is 6.52. The number of nitrogens with zero attached hydrogens (tertiary/aromatic N) is 3. The number of rotatable bonds is 5. The quantitative estimate of drug-likeness (QED) is 0.534. The maximum Gasteiger partial charge on any atom is 0.269 e. The number of fused-ring (bicyclic) bond motifs is 1. The van der Waals surface area contributed by atoms with Crippen LogP contribution >= 0.6 is 0 Å². The van der Waals surface area contributed by atoms with E-state index < -0.39 is 0 Å². The molecule has 30 heavy (non-hydrogen) atoms. The molecule has 0 saturated heterocycles. The van der Waals surface area contributed by atoms with Crippen molar-refractivity contribution in [2.45, 2.75) is 0 Å². The van der Waals surface area contributed by atoms with Crippen LogP contribution in [-0.2, 0) is 7.05 Å². The summed E-state index contributed by atoms with van der Waals surface area (Å²) >= 11 is 0. The van der Waals surface area contributed by atoms with Gasteiger partial charge in [-0.25, -0.2) is 4.98 Å². The van der Waals surface area contributed by atoms with Crippen LogP contribution in [-0.4, -0.2) is 33.4 Å². The molecule has 0 atom stereocenters. The van der Waals surface area contributed by atoms with Gasteiger partial charge in [0, 0.05) is 38.0 Å². The van der Waals surface area contributed by atoms with Crippen LogP contribution in [0.1, 0.15) is 20.8 Å². The fraction of sp³-hybridized carbons (Fsp3) is 0.0909. The van der Waals surface area contributed by atoms with Gasteiger partial charge in [-0.05, 0) is 30.3 Å². The van der Waals surface area contributed by atoms with Gasteiger partial charge in [0.15, 0.2) is 0 Å². The zero-order valence-electron chi connectivity index (χ0n) is 16.4. The van der Waals surface area contributed by atoms with E-state index in [0.717, 1.165) is 5.52 Å². The summed E-state index contributed by atoms with van der Waals surface area (Å²) in [7, 11) is 3.37. The number of anilines is 1. The molecule has 2 N–H and O–H groups in total. The maximum absolute atomic E-state index is 12.4. The van der Waals surface area contributed by atoms with Crippen molar-refractivity contribution in [3.8, 4) is 11.5 Å². The number of hydrogen-bond acceptors (Lipinski definition) is 5. The van der Waals surface area contributed by atoms with Gasteiger partial charge in [-0.2, -0.15) is 0 Å². The van der Waals surface area contributed by atoms with E-state index in [1.165, 1.54) is 6.20 Å². The van der Waals surface area contributed by atoms with Gasteiger partial charge < -0.3 is 14.6 Å². The lowest BCUT2D eigenvalue weighted by Crippen LogP contribution is -2.18. The summed E-state index contributed by atoms with van der Waals surface area (Å²) in [6.45, 7) is 0. The lowest BCUT2D eigenvalue weighted by molar-refractivity contribution is 0.0957. The highest BCUT2D eigenvalue weighted by Crippen LogP contribution is 2.27. The largest absolute Gasteiger partial charge is 0.457 e. The smallest absolute Gasteiger partial charge is 0.269 e. The third-order valence-corrected chi connectivity index (χ3v) is 4.54. The number of pyridine rings is 1. The number of aryl methyl sites for hydroxylation is 1. The van der Waals surface area contributed by atoms with Crippen molar-refractivity contribution in [3.63, 3.8) is 0 Å². The fourth-order valence-electron chi connectivity index (χ4n) is 2.98. The average Bonchev–Trinajstić information content (AvgIpc) is 3.08. The highest BCUT2D eigenvalue weighted by Gasteiger charge is 2.13. The van der Waals surface area contributed by atoms with Crippen molar-refractivity contribution in [3.05, 3.63) is 78.1 Å². The molecule has 8 heteroatoms. The zero-order valence-corrected chi connectivity index (χ0v) is 16.4. The molecule has 2 heterocycles. The lowest BCUT2D eigenvalue weighted by atomic mass is 10.2. The summed E-state index contributed by atoms with van der Waals surface area (Å²) in [5, 5.41) is 5.36. The molecular weight excluding hydrogens is 382 g/mol. The normalized spacial score (nSPS) is 10.6.